The van der Waals surface area contributed by atoms with Crippen LogP contribution in [0.25, 0.3) is 0 Å². The third kappa shape index (κ3) is 5.84. The molecule has 3 heterocycles. The summed E-state index contributed by atoms with van der Waals surface area (Å²) in [5, 5.41) is 6.72. The van der Waals surface area contributed by atoms with Gasteiger partial charge in [0.1, 0.15) is 5.82 Å². The van der Waals surface area contributed by atoms with Crippen molar-refractivity contribution in [3.8, 4) is 0 Å². The number of rotatable bonds is 5. The lowest BCUT2D eigenvalue weighted by molar-refractivity contribution is -0.119. The van der Waals surface area contributed by atoms with Crippen LogP contribution in [-0.2, 0) is 4.79 Å². The van der Waals surface area contributed by atoms with Crippen LogP contribution in [0.3, 0.4) is 0 Å². The van der Waals surface area contributed by atoms with Crippen LogP contribution in [-0.4, -0.2) is 65.1 Å². The molecule has 1 unspecified atom stereocenters. The highest BCUT2D eigenvalue weighted by atomic mass is 16.1. The molecule has 3 aliphatic rings. The predicted octanol–water partition coefficient (Wildman–Crippen LogP) is 3.18. The summed E-state index contributed by atoms with van der Waals surface area (Å²) in [5.74, 6) is 1.94. The van der Waals surface area contributed by atoms with Gasteiger partial charge >= 0.3 is 0 Å². The molecule has 4 rings (SSSR count). The van der Waals surface area contributed by atoms with Crippen molar-refractivity contribution in [3.05, 3.63) is 12.3 Å². The van der Waals surface area contributed by atoms with E-state index in [0.717, 1.165) is 44.2 Å². The largest absolute Gasteiger partial charge is 0.356 e. The van der Waals surface area contributed by atoms with Crippen LogP contribution in [0.5, 0.6) is 0 Å². The van der Waals surface area contributed by atoms with Gasteiger partial charge in [-0.2, -0.15) is 4.98 Å². The molecule has 1 aliphatic carbocycles. The molecule has 0 aromatic carbocycles. The summed E-state index contributed by atoms with van der Waals surface area (Å²) in [6.45, 7) is 6.08. The maximum atomic E-state index is 11.3. The number of likely N-dealkylation sites (tertiary alicyclic amines) is 1. The molecule has 3 fully saturated rings. The number of amides is 1. The zero-order valence-corrected chi connectivity index (χ0v) is 18.5. The average Bonchev–Trinajstić information content (AvgIpc) is 3.04. The van der Waals surface area contributed by atoms with E-state index in [0.29, 0.717) is 18.1 Å². The molecule has 7 nitrogen and oxygen atoms in total. The molecule has 2 aliphatic heterocycles. The van der Waals surface area contributed by atoms with Crippen molar-refractivity contribution >= 4 is 17.7 Å². The molecule has 0 bridgehead atoms. The predicted molar refractivity (Wildman–Crippen MR) is 121 cm³/mol. The molecule has 1 aromatic rings. The minimum absolute atomic E-state index is 0.100. The van der Waals surface area contributed by atoms with Crippen molar-refractivity contribution in [2.45, 2.75) is 89.3 Å². The van der Waals surface area contributed by atoms with Crippen LogP contribution >= 0.6 is 0 Å². The Morgan fingerprint density at radius 2 is 1.73 bits per heavy atom. The standard InChI is InChI=1S/C23H38N6O/c1-18(30)25-19-8-10-21(11-9-19)29-16-6-7-20(17-29)26-23-24-13-12-22(27-23)28-14-4-2-3-5-15-28/h12-13,19-21H,2-11,14-17H2,1H3,(H,25,30)(H,24,26,27). The Labute approximate surface area is 181 Å². The van der Waals surface area contributed by atoms with E-state index in [1.165, 1.54) is 57.9 Å². The van der Waals surface area contributed by atoms with Crippen LogP contribution in [0.4, 0.5) is 11.8 Å². The number of carbonyl (C=O) groups excluding carboxylic acids is 1. The maximum absolute atomic E-state index is 11.3. The monoisotopic (exact) mass is 414 g/mol. The summed E-state index contributed by atoms with van der Waals surface area (Å²) in [6, 6.07) is 3.47. The summed E-state index contributed by atoms with van der Waals surface area (Å²) in [6.07, 6.45) is 14.0. The Bertz CT molecular complexity index is 682. The molecule has 2 saturated heterocycles. The van der Waals surface area contributed by atoms with Gasteiger partial charge in [0.25, 0.3) is 0 Å². The molecule has 166 valence electrons. The summed E-state index contributed by atoms with van der Waals surface area (Å²) in [7, 11) is 0. The SMILES string of the molecule is CC(=O)NC1CCC(N2CCCC(Nc3nccc(N4CCCCCC4)n3)C2)CC1. The number of nitrogens with one attached hydrogen (secondary N) is 2. The number of aromatic nitrogens is 2. The quantitative estimate of drug-likeness (QED) is 0.771. The van der Waals surface area contributed by atoms with E-state index in [9.17, 15) is 4.79 Å². The summed E-state index contributed by atoms with van der Waals surface area (Å²) >= 11 is 0. The lowest BCUT2D eigenvalue weighted by atomic mass is 9.88. The highest BCUT2D eigenvalue weighted by Crippen LogP contribution is 2.27. The number of nitrogens with zero attached hydrogens (tertiary/aromatic N) is 4. The zero-order chi connectivity index (χ0) is 20.8. The molecule has 1 saturated carbocycles. The molecule has 0 spiro atoms. The lowest BCUT2D eigenvalue weighted by Gasteiger charge is -2.41. The normalized spacial score (nSPS) is 28.6. The van der Waals surface area contributed by atoms with Gasteiger partial charge in [-0.1, -0.05) is 12.8 Å². The average molecular weight is 415 g/mol. The fourth-order valence-corrected chi connectivity index (χ4v) is 5.41. The van der Waals surface area contributed by atoms with E-state index in [4.69, 9.17) is 4.98 Å². The summed E-state index contributed by atoms with van der Waals surface area (Å²) < 4.78 is 0. The number of piperidine rings is 1. The van der Waals surface area contributed by atoms with Crippen molar-refractivity contribution in [3.63, 3.8) is 0 Å². The van der Waals surface area contributed by atoms with Gasteiger partial charge in [0.2, 0.25) is 11.9 Å². The van der Waals surface area contributed by atoms with Gasteiger partial charge in [0.05, 0.1) is 0 Å². The Morgan fingerprint density at radius 3 is 2.47 bits per heavy atom. The van der Waals surface area contributed by atoms with Crippen molar-refractivity contribution in [2.75, 3.05) is 36.4 Å². The molecule has 7 heteroatoms. The summed E-state index contributed by atoms with van der Waals surface area (Å²) in [4.78, 5) is 25.8. The Kier molecular flexibility index (Phi) is 7.42. The fraction of sp³-hybridized carbons (Fsp3) is 0.783. The second-order valence-corrected chi connectivity index (χ2v) is 9.32. The van der Waals surface area contributed by atoms with Crippen LogP contribution in [0.15, 0.2) is 12.3 Å². The first-order chi connectivity index (χ1) is 14.7. The van der Waals surface area contributed by atoms with Crippen molar-refractivity contribution in [1.29, 1.82) is 0 Å². The zero-order valence-electron chi connectivity index (χ0n) is 18.5. The Hall–Kier alpha value is -1.89. The number of hydrogen-bond acceptors (Lipinski definition) is 6. The highest BCUT2D eigenvalue weighted by molar-refractivity contribution is 5.73. The number of hydrogen-bond donors (Lipinski definition) is 2. The number of carbonyl (C=O) groups is 1. The van der Waals surface area contributed by atoms with Crippen LogP contribution in [0.2, 0.25) is 0 Å². The molecule has 2 N–H and O–H groups in total. The van der Waals surface area contributed by atoms with E-state index in [-0.39, 0.29) is 5.91 Å². The van der Waals surface area contributed by atoms with Gasteiger partial charge in [-0.3, -0.25) is 9.69 Å². The minimum atomic E-state index is 0.100. The minimum Gasteiger partial charge on any atom is -0.356 e. The van der Waals surface area contributed by atoms with E-state index in [1.54, 1.807) is 6.92 Å². The van der Waals surface area contributed by atoms with Crippen molar-refractivity contribution in [1.82, 2.24) is 20.2 Å². The van der Waals surface area contributed by atoms with Gasteiger partial charge in [0, 0.05) is 50.9 Å². The molecular weight excluding hydrogens is 376 g/mol. The van der Waals surface area contributed by atoms with Gasteiger partial charge in [0.15, 0.2) is 0 Å². The molecule has 1 aromatic heterocycles. The van der Waals surface area contributed by atoms with E-state index < -0.39 is 0 Å². The third-order valence-electron chi connectivity index (χ3n) is 6.98. The topological polar surface area (TPSA) is 73.4 Å². The first-order valence-corrected chi connectivity index (χ1v) is 12.0. The third-order valence-corrected chi connectivity index (χ3v) is 6.98. The summed E-state index contributed by atoms with van der Waals surface area (Å²) in [5.41, 5.74) is 0. The number of anilines is 2. The Balaban J connectivity index is 1.30. The highest BCUT2D eigenvalue weighted by Gasteiger charge is 2.30. The first kappa shape index (κ1) is 21.3. The second-order valence-electron chi connectivity index (χ2n) is 9.32. The lowest BCUT2D eigenvalue weighted by Crippen LogP contribution is -2.50. The van der Waals surface area contributed by atoms with Gasteiger partial charge in [-0.15, -0.1) is 0 Å². The molecule has 1 atom stereocenters. The van der Waals surface area contributed by atoms with E-state index >= 15 is 0 Å². The second kappa shape index (κ2) is 10.4. The van der Waals surface area contributed by atoms with Gasteiger partial charge in [-0.25, -0.2) is 4.98 Å². The Morgan fingerprint density at radius 1 is 0.967 bits per heavy atom. The van der Waals surface area contributed by atoms with E-state index in [1.807, 2.05) is 6.20 Å². The smallest absolute Gasteiger partial charge is 0.224 e. The van der Waals surface area contributed by atoms with Gasteiger partial charge < -0.3 is 15.5 Å². The van der Waals surface area contributed by atoms with Crippen LogP contribution in [0.1, 0.15) is 71.1 Å². The molecular formula is C23H38N6O. The van der Waals surface area contributed by atoms with E-state index in [2.05, 4.69) is 31.5 Å². The fourth-order valence-electron chi connectivity index (χ4n) is 5.41. The maximum Gasteiger partial charge on any atom is 0.224 e. The molecule has 0 radical (unpaired) electrons. The van der Waals surface area contributed by atoms with Crippen LogP contribution in [0, 0.1) is 0 Å². The molecule has 30 heavy (non-hydrogen) atoms. The van der Waals surface area contributed by atoms with Crippen molar-refractivity contribution in [2.24, 2.45) is 0 Å². The van der Waals surface area contributed by atoms with Crippen molar-refractivity contribution < 1.29 is 4.79 Å². The van der Waals surface area contributed by atoms with Crippen LogP contribution < -0.4 is 15.5 Å². The molecule has 1 amide bonds. The van der Waals surface area contributed by atoms with Gasteiger partial charge in [-0.05, 0) is 64.0 Å². The first-order valence-electron chi connectivity index (χ1n) is 12.0.